The van der Waals surface area contributed by atoms with Crippen LogP contribution >= 0.6 is 0 Å². The van der Waals surface area contributed by atoms with E-state index in [9.17, 15) is 19.2 Å². The van der Waals surface area contributed by atoms with Gasteiger partial charge in [0.1, 0.15) is 5.54 Å². The fourth-order valence-corrected chi connectivity index (χ4v) is 4.03. The standard InChI is InChI=1S/C23H23N3O4/c1-3-6-15-9-11-16(12-10-15)23(2)21(29)26(22(30)24-23)14-13-25-19(27)17-7-4-5-8-18(17)20(25)28/h4-5,7-12H,3,6,13-14H2,1-2H3,(H,24,30)/t23-/m1/s1. The van der Waals surface area contributed by atoms with Gasteiger partial charge in [-0.3, -0.25) is 24.2 Å². The van der Waals surface area contributed by atoms with Gasteiger partial charge in [-0.15, -0.1) is 0 Å². The number of rotatable bonds is 6. The lowest BCUT2D eigenvalue weighted by molar-refractivity contribution is -0.131. The van der Waals surface area contributed by atoms with E-state index in [0.717, 1.165) is 22.6 Å². The van der Waals surface area contributed by atoms with Crippen LogP contribution in [0.15, 0.2) is 48.5 Å². The lowest BCUT2D eigenvalue weighted by Gasteiger charge is -2.23. The molecule has 2 heterocycles. The monoisotopic (exact) mass is 405 g/mol. The maximum atomic E-state index is 13.1. The van der Waals surface area contributed by atoms with E-state index in [2.05, 4.69) is 12.2 Å². The molecule has 2 aliphatic heterocycles. The molecule has 154 valence electrons. The number of imide groups is 2. The van der Waals surface area contributed by atoms with Crippen LogP contribution in [0.4, 0.5) is 4.79 Å². The number of nitrogens with zero attached hydrogens (tertiary/aromatic N) is 2. The maximum absolute atomic E-state index is 13.1. The van der Waals surface area contributed by atoms with Gasteiger partial charge in [0.15, 0.2) is 0 Å². The molecule has 5 amide bonds. The van der Waals surface area contributed by atoms with E-state index in [1.807, 2.05) is 24.3 Å². The maximum Gasteiger partial charge on any atom is 0.325 e. The van der Waals surface area contributed by atoms with Crippen LogP contribution in [0.1, 0.15) is 52.1 Å². The minimum atomic E-state index is -1.18. The molecule has 0 unspecified atom stereocenters. The number of nitrogens with one attached hydrogen (secondary N) is 1. The third-order valence-corrected chi connectivity index (χ3v) is 5.77. The molecular formula is C23H23N3O4. The van der Waals surface area contributed by atoms with Gasteiger partial charge in [0, 0.05) is 13.1 Å². The van der Waals surface area contributed by atoms with Crippen molar-refractivity contribution in [1.29, 1.82) is 0 Å². The largest absolute Gasteiger partial charge is 0.325 e. The summed E-state index contributed by atoms with van der Waals surface area (Å²) in [6, 6.07) is 13.7. The Morgan fingerprint density at radius 1 is 0.833 bits per heavy atom. The molecule has 0 bridgehead atoms. The van der Waals surface area contributed by atoms with Crippen molar-refractivity contribution in [3.05, 3.63) is 70.8 Å². The van der Waals surface area contributed by atoms with E-state index < -0.39 is 29.3 Å². The number of carbonyl (C=O) groups is 4. The van der Waals surface area contributed by atoms with E-state index >= 15 is 0 Å². The molecule has 1 N–H and O–H groups in total. The van der Waals surface area contributed by atoms with Gasteiger partial charge >= 0.3 is 6.03 Å². The van der Waals surface area contributed by atoms with E-state index in [0.29, 0.717) is 16.7 Å². The minimum absolute atomic E-state index is 0.0446. The molecule has 0 aliphatic carbocycles. The van der Waals surface area contributed by atoms with Crippen LogP contribution in [0.3, 0.4) is 0 Å². The molecule has 1 fully saturated rings. The van der Waals surface area contributed by atoms with Gasteiger partial charge in [0.25, 0.3) is 17.7 Å². The van der Waals surface area contributed by atoms with Gasteiger partial charge in [0.2, 0.25) is 0 Å². The molecule has 0 spiro atoms. The van der Waals surface area contributed by atoms with Crippen LogP contribution in [0.2, 0.25) is 0 Å². The Hall–Kier alpha value is -3.48. The van der Waals surface area contributed by atoms with Crippen molar-refractivity contribution >= 4 is 23.8 Å². The fraction of sp³-hybridized carbons (Fsp3) is 0.304. The molecule has 2 aromatic carbocycles. The Bertz CT molecular complexity index is 1010. The third-order valence-electron chi connectivity index (χ3n) is 5.77. The first-order chi connectivity index (χ1) is 14.4. The Labute approximate surface area is 174 Å². The number of aryl methyl sites for hydroxylation is 1. The predicted octanol–water partition coefficient (Wildman–Crippen LogP) is 2.70. The molecule has 1 atom stereocenters. The van der Waals surface area contributed by atoms with Crippen molar-refractivity contribution in [2.45, 2.75) is 32.2 Å². The quantitative estimate of drug-likeness (QED) is 0.591. The van der Waals surface area contributed by atoms with Gasteiger partial charge in [-0.1, -0.05) is 49.7 Å². The Morgan fingerprint density at radius 3 is 1.97 bits per heavy atom. The van der Waals surface area contributed by atoms with E-state index in [4.69, 9.17) is 0 Å². The fourth-order valence-electron chi connectivity index (χ4n) is 4.03. The van der Waals surface area contributed by atoms with Crippen molar-refractivity contribution in [3.63, 3.8) is 0 Å². The first-order valence-corrected chi connectivity index (χ1v) is 10.1. The summed E-state index contributed by atoms with van der Waals surface area (Å²) in [5, 5.41) is 2.76. The van der Waals surface area contributed by atoms with Crippen LogP contribution in [-0.2, 0) is 16.8 Å². The van der Waals surface area contributed by atoms with Crippen LogP contribution in [-0.4, -0.2) is 46.6 Å². The lowest BCUT2D eigenvalue weighted by atomic mass is 9.91. The molecule has 0 aromatic heterocycles. The molecule has 30 heavy (non-hydrogen) atoms. The second-order valence-corrected chi connectivity index (χ2v) is 7.77. The van der Waals surface area contributed by atoms with Crippen molar-refractivity contribution in [2.75, 3.05) is 13.1 Å². The van der Waals surface area contributed by atoms with E-state index in [1.165, 1.54) is 5.56 Å². The molecule has 7 nitrogen and oxygen atoms in total. The minimum Gasteiger partial charge on any atom is -0.319 e. The average Bonchev–Trinajstić information content (AvgIpc) is 3.12. The van der Waals surface area contributed by atoms with Crippen molar-refractivity contribution in [3.8, 4) is 0 Å². The zero-order chi connectivity index (χ0) is 21.5. The zero-order valence-corrected chi connectivity index (χ0v) is 17.0. The topological polar surface area (TPSA) is 86.8 Å². The summed E-state index contributed by atoms with van der Waals surface area (Å²) in [5.74, 6) is -1.21. The van der Waals surface area contributed by atoms with Crippen LogP contribution < -0.4 is 5.32 Å². The summed E-state index contributed by atoms with van der Waals surface area (Å²) in [6.45, 7) is 3.67. The third kappa shape index (κ3) is 3.07. The van der Waals surface area contributed by atoms with Crippen molar-refractivity contribution in [1.82, 2.24) is 15.1 Å². The molecule has 2 aromatic rings. The number of urea groups is 1. The molecule has 7 heteroatoms. The van der Waals surface area contributed by atoms with E-state index in [-0.39, 0.29) is 13.1 Å². The summed E-state index contributed by atoms with van der Waals surface area (Å²) in [7, 11) is 0. The van der Waals surface area contributed by atoms with Crippen molar-refractivity contribution < 1.29 is 19.2 Å². The van der Waals surface area contributed by atoms with Gasteiger partial charge in [0.05, 0.1) is 11.1 Å². The number of amides is 5. The predicted molar refractivity (Wildman–Crippen MR) is 110 cm³/mol. The van der Waals surface area contributed by atoms with Crippen molar-refractivity contribution in [2.24, 2.45) is 0 Å². The smallest absolute Gasteiger partial charge is 0.319 e. The molecule has 0 radical (unpaired) electrons. The highest BCUT2D eigenvalue weighted by Gasteiger charge is 2.49. The Morgan fingerprint density at radius 2 is 1.40 bits per heavy atom. The summed E-state index contributed by atoms with van der Waals surface area (Å²) >= 11 is 0. The molecular weight excluding hydrogens is 382 g/mol. The normalized spacial score (nSPS) is 20.7. The van der Waals surface area contributed by atoms with Crippen LogP contribution in [0.25, 0.3) is 0 Å². The number of hydrogen-bond donors (Lipinski definition) is 1. The summed E-state index contributed by atoms with van der Waals surface area (Å²) in [6.07, 6.45) is 1.97. The van der Waals surface area contributed by atoms with Gasteiger partial charge in [-0.05, 0) is 36.6 Å². The van der Waals surface area contributed by atoms with Crippen LogP contribution in [0, 0.1) is 0 Å². The number of carbonyl (C=O) groups excluding carboxylic acids is 4. The average molecular weight is 405 g/mol. The molecule has 0 saturated carbocycles. The molecule has 4 rings (SSSR count). The first kappa shape index (κ1) is 19.8. The van der Waals surface area contributed by atoms with Crippen LogP contribution in [0.5, 0.6) is 0 Å². The Kier molecular flexibility index (Phi) is 4.89. The zero-order valence-electron chi connectivity index (χ0n) is 17.0. The molecule has 1 saturated heterocycles. The molecule has 2 aliphatic rings. The Balaban J connectivity index is 1.48. The summed E-state index contributed by atoms with van der Waals surface area (Å²) in [4.78, 5) is 52.8. The highest BCUT2D eigenvalue weighted by Crippen LogP contribution is 2.29. The highest BCUT2D eigenvalue weighted by atomic mass is 16.2. The second kappa shape index (κ2) is 7.40. The van der Waals surface area contributed by atoms with Gasteiger partial charge in [-0.2, -0.15) is 0 Å². The lowest BCUT2D eigenvalue weighted by Crippen LogP contribution is -2.43. The number of fused-ring (bicyclic) bond motifs is 1. The summed E-state index contributed by atoms with van der Waals surface area (Å²) in [5.41, 5.74) is 1.38. The van der Waals surface area contributed by atoms with E-state index in [1.54, 1.807) is 31.2 Å². The second-order valence-electron chi connectivity index (χ2n) is 7.77. The first-order valence-electron chi connectivity index (χ1n) is 10.1. The SMILES string of the molecule is CCCc1ccc([C@@]2(C)NC(=O)N(CCN3C(=O)c4ccccc4C3=O)C2=O)cc1. The van der Waals surface area contributed by atoms with Gasteiger partial charge in [-0.25, -0.2) is 4.79 Å². The number of hydrogen-bond acceptors (Lipinski definition) is 4. The summed E-state index contributed by atoms with van der Waals surface area (Å²) < 4.78 is 0. The number of benzene rings is 2. The van der Waals surface area contributed by atoms with Gasteiger partial charge < -0.3 is 5.32 Å². The highest BCUT2D eigenvalue weighted by molar-refractivity contribution is 6.21.